The molecule has 36 heavy (non-hydrogen) atoms. The predicted molar refractivity (Wildman–Crippen MR) is 145 cm³/mol. The number of aliphatic imine (C=N–C) groups is 1. The van der Waals surface area contributed by atoms with Gasteiger partial charge < -0.3 is 24.6 Å². The van der Waals surface area contributed by atoms with Gasteiger partial charge in [-0.15, -0.1) is 0 Å². The number of H-pyrrole nitrogens is 1. The monoisotopic (exact) mass is 492 g/mol. The van der Waals surface area contributed by atoms with E-state index in [1.165, 1.54) is 0 Å². The molecule has 0 atom stereocenters. The lowest BCUT2D eigenvalue weighted by Crippen LogP contribution is -2.31. The molecule has 0 unspecified atom stereocenters. The van der Waals surface area contributed by atoms with Gasteiger partial charge in [0.25, 0.3) is 0 Å². The summed E-state index contributed by atoms with van der Waals surface area (Å²) >= 11 is 0. The third-order valence-electron chi connectivity index (χ3n) is 5.86. The minimum atomic E-state index is -0.404. The Morgan fingerprint density at radius 3 is 2.39 bits per heavy atom. The number of aromatic nitrogens is 1. The first-order valence-electron chi connectivity index (χ1n) is 12.4. The van der Waals surface area contributed by atoms with Crippen molar-refractivity contribution >= 4 is 39.9 Å². The number of anilines is 1. The van der Waals surface area contributed by atoms with Gasteiger partial charge in [0.2, 0.25) is 5.91 Å². The molecule has 3 aromatic rings. The van der Waals surface area contributed by atoms with Crippen LogP contribution < -0.4 is 4.90 Å². The largest absolute Gasteiger partial charge is 0.494 e. The summed E-state index contributed by atoms with van der Waals surface area (Å²) in [6.45, 7) is 7.24. The number of amides is 1. The number of esters is 1. The van der Waals surface area contributed by atoms with Crippen molar-refractivity contribution < 1.29 is 19.4 Å². The summed E-state index contributed by atoms with van der Waals surface area (Å²) in [6.07, 6.45) is 2.38. The topological polar surface area (TPSA) is 98.2 Å². The highest BCUT2D eigenvalue weighted by Gasteiger charge is 2.18. The predicted octanol–water partition coefficient (Wildman–Crippen LogP) is 5.28. The van der Waals surface area contributed by atoms with E-state index in [0.717, 1.165) is 41.9 Å². The maximum atomic E-state index is 12.2. The first-order valence-corrected chi connectivity index (χ1v) is 12.4. The van der Waals surface area contributed by atoms with Crippen LogP contribution in [0, 0.1) is 0 Å². The van der Waals surface area contributed by atoms with E-state index in [-0.39, 0.29) is 11.8 Å². The number of nitrogens with zero attached hydrogens (tertiary/aromatic N) is 3. The molecule has 3 rings (SSSR count). The molecule has 192 valence electrons. The molecule has 0 spiro atoms. The highest BCUT2D eigenvalue weighted by Crippen LogP contribution is 2.32. The van der Waals surface area contributed by atoms with Crippen LogP contribution in [0.3, 0.4) is 0 Å². The van der Waals surface area contributed by atoms with Crippen molar-refractivity contribution in [3.05, 3.63) is 53.6 Å². The first-order chi connectivity index (χ1) is 17.2. The average Bonchev–Trinajstić information content (AvgIpc) is 3.16. The lowest BCUT2D eigenvalue weighted by molar-refractivity contribution is -0.116. The molecular formula is C28H36N4O4. The van der Waals surface area contributed by atoms with Crippen molar-refractivity contribution in [1.82, 2.24) is 9.88 Å². The Balaban J connectivity index is 1.91. The smallest absolute Gasteiger partial charge is 0.338 e. The fourth-order valence-corrected chi connectivity index (χ4v) is 4.17. The van der Waals surface area contributed by atoms with E-state index in [1.54, 1.807) is 36.9 Å². The van der Waals surface area contributed by atoms with E-state index in [4.69, 9.17) is 9.73 Å². The molecular weight excluding hydrogens is 456 g/mol. The molecule has 1 aromatic heterocycles. The van der Waals surface area contributed by atoms with Crippen LogP contribution in [0.25, 0.3) is 10.9 Å². The standard InChI is InChI=1S/C28H36N4O4/c1-6-9-24(26-23-15-10-20(28(35)36-7-2)18-25(23)30-27(26)34)29-21-11-13-22(14-12-21)32(19(3)33)17-8-16-31(4)5/h10-15,18,30,34H,6-9,16-17H2,1-5H3. The minimum Gasteiger partial charge on any atom is -0.494 e. The maximum Gasteiger partial charge on any atom is 0.338 e. The molecule has 0 bridgehead atoms. The van der Waals surface area contributed by atoms with E-state index in [9.17, 15) is 14.7 Å². The lowest BCUT2D eigenvalue weighted by atomic mass is 10.0. The number of fused-ring (bicyclic) bond motifs is 1. The first kappa shape index (κ1) is 26.9. The van der Waals surface area contributed by atoms with Gasteiger partial charge in [-0.3, -0.25) is 9.79 Å². The highest BCUT2D eigenvalue weighted by atomic mass is 16.5. The Labute approximate surface area is 212 Å². The summed E-state index contributed by atoms with van der Waals surface area (Å²) in [4.78, 5) is 36.0. The second kappa shape index (κ2) is 12.4. The molecule has 0 saturated carbocycles. The molecule has 1 heterocycles. The number of hydrogen-bond donors (Lipinski definition) is 2. The molecule has 0 fully saturated rings. The van der Waals surface area contributed by atoms with Gasteiger partial charge >= 0.3 is 5.97 Å². The number of benzene rings is 2. The summed E-state index contributed by atoms with van der Waals surface area (Å²) in [5.41, 5.74) is 3.99. The third kappa shape index (κ3) is 6.51. The number of carbonyl (C=O) groups is 2. The van der Waals surface area contributed by atoms with Crippen LogP contribution in [0.4, 0.5) is 11.4 Å². The Morgan fingerprint density at radius 1 is 1.06 bits per heavy atom. The number of nitrogens with one attached hydrogen (secondary N) is 1. The average molecular weight is 493 g/mol. The Hall–Kier alpha value is -3.65. The molecule has 8 heteroatoms. The second-order valence-corrected chi connectivity index (χ2v) is 8.98. The molecule has 2 N–H and O–H groups in total. The second-order valence-electron chi connectivity index (χ2n) is 8.98. The van der Waals surface area contributed by atoms with Crippen LogP contribution in [0.15, 0.2) is 47.5 Å². The van der Waals surface area contributed by atoms with Crippen LogP contribution in [0.2, 0.25) is 0 Å². The van der Waals surface area contributed by atoms with Gasteiger partial charge in [0, 0.05) is 30.1 Å². The van der Waals surface area contributed by atoms with E-state index >= 15 is 0 Å². The van der Waals surface area contributed by atoms with Crippen LogP contribution in [-0.2, 0) is 9.53 Å². The van der Waals surface area contributed by atoms with Gasteiger partial charge in [0.1, 0.15) is 0 Å². The van der Waals surface area contributed by atoms with E-state index in [2.05, 4.69) is 16.8 Å². The molecule has 0 radical (unpaired) electrons. The van der Waals surface area contributed by atoms with E-state index in [0.29, 0.717) is 36.2 Å². The van der Waals surface area contributed by atoms with Gasteiger partial charge in [-0.25, -0.2) is 4.79 Å². The van der Waals surface area contributed by atoms with Crippen LogP contribution >= 0.6 is 0 Å². The number of hydrogen-bond acceptors (Lipinski definition) is 6. The molecule has 8 nitrogen and oxygen atoms in total. The van der Waals surface area contributed by atoms with Gasteiger partial charge in [-0.1, -0.05) is 19.4 Å². The zero-order valence-corrected chi connectivity index (χ0v) is 21.8. The normalized spacial score (nSPS) is 11.8. The summed E-state index contributed by atoms with van der Waals surface area (Å²) < 4.78 is 5.09. The van der Waals surface area contributed by atoms with Gasteiger partial charge in [0.05, 0.1) is 29.1 Å². The van der Waals surface area contributed by atoms with Crippen molar-refractivity contribution in [3.8, 4) is 5.88 Å². The summed E-state index contributed by atoms with van der Waals surface area (Å²) in [6, 6.07) is 12.8. The minimum absolute atomic E-state index is 0.00239. The molecule has 0 aliphatic heterocycles. The van der Waals surface area contributed by atoms with Crippen molar-refractivity contribution in [1.29, 1.82) is 0 Å². The molecule has 2 aromatic carbocycles. The van der Waals surface area contributed by atoms with Crippen molar-refractivity contribution in [2.45, 2.75) is 40.0 Å². The van der Waals surface area contributed by atoms with E-state index < -0.39 is 5.97 Å². The highest BCUT2D eigenvalue weighted by molar-refractivity contribution is 6.14. The lowest BCUT2D eigenvalue weighted by Gasteiger charge is -2.22. The van der Waals surface area contributed by atoms with Crippen LogP contribution in [0.1, 0.15) is 56.0 Å². The van der Waals surface area contributed by atoms with Crippen LogP contribution in [0.5, 0.6) is 5.88 Å². The number of rotatable bonds is 11. The zero-order valence-electron chi connectivity index (χ0n) is 21.8. The zero-order chi connectivity index (χ0) is 26.2. The summed E-state index contributed by atoms with van der Waals surface area (Å²) in [7, 11) is 4.03. The quantitative estimate of drug-likeness (QED) is 0.280. The number of aromatic hydroxyl groups is 1. The SMILES string of the molecule is CCCC(=Nc1ccc(N(CCCN(C)C)C(C)=O)cc1)c1c(O)[nH]c2cc(C(=O)OCC)ccc12. The molecule has 1 amide bonds. The fraction of sp³-hybridized carbons (Fsp3) is 0.393. The molecule has 0 saturated heterocycles. The van der Waals surface area contributed by atoms with E-state index in [1.807, 2.05) is 38.4 Å². The fourth-order valence-electron chi connectivity index (χ4n) is 4.17. The van der Waals surface area contributed by atoms with Crippen LogP contribution in [-0.4, -0.2) is 66.4 Å². The molecule has 0 aliphatic rings. The van der Waals surface area contributed by atoms with Gasteiger partial charge in [-0.2, -0.15) is 0 Å². The van der Waals surface area contributed by atoms with Gasteiger partial charge in [-0.05, 0) is 76.8 Å². The summed E-state index contributed by atoms with van der Waals surface area (Å²) in [5, 5.41) is 11.5. The Morgan fingerprint density at radius 2 is 1.78 bits per heavy atom. The summed E-state index contributed by atoms with van der Waals surface area (Å²) in [5.74, 6) is -0.389. The Kier molecular flexibility index (Phi) is 9.25. The number of carbonyl (C=O) groups excluding carboxylic acids is 2. The van der Waals surface area contributed by atoms with Crippen molar-refractivity contribution in [3.63, 3.8) is 0 Å². The third-order valence-corrected chi connectivity index (χ3v) is 5.86. The van der Waals surface area contributed by atoms with Gasteiger partial charge in [0.15, 0.2) is 5.88 Å². The number of aromatic amines is 1. The molecule has 0 aliphatic carbocycles. The van der Waals surface area contributed by atoms with Crippen molar-refractivity contribution in [2.75, 3.05) is 38.7 Å². The Bertz CT molecular complexity index is 1230. The number of ether oxygens (including phenoxy) is 1. The van der Waals surface area contributed by atoms with Crippen molar-refractivity contribution in [2.24, 2.45) is 4.99 Å². The maximum absolute atomic E-state index is 12.2.